The molecule has 1 atom stereocenters. The van der Waals surface area contributed by atoms with Crippen molar-refractivity contribution in [2.24, 2.45) is 5.92 Å². The van der Waals surface area contributed by atoms with Crippen molar-refractivity contribution < 1.29 is 8.42 Å². The average Bonchev–Trinajstić information content (AvgIpc) is 2.28. The summed E-state index contributed by atoms with van der Waals surface area (Å²) in [6, 6.07) is 5.08. The number of halogens is 2. The summed E-state index contributed by atoms with van der Waals surface area (Å²) in [4.78, 5) is 0.302. The Balaban J connectivity index is 3.06. The molecule has 0 heterocycles. The third-order valence-electron chi connectivity index (χ3n) is 2.85. The Morgan fingerprint density at radius 2 is 1.94 bits per heavy atom. The Kier molecular flexibility index (Phi) is 5.83. The zero-order valence-corrected chi connectivity index (χ0v) is 14.6. The second-order valence-corrected chi connectivity index (χ2v) is 8.16. The van der Waals surface area contributed by atoms with E-state index in [4.69, 9.17) is 0 Å². The zero-order chi connectivity index (χ0) is 13.9. The quantitative estimate of drug-likeness (QED) is 0.754. The Morgan fingerprint density at radius 3 is 2.44 bits per heavy atom. The van der Waals surface area contributed by atoms with E-state index in [2.05, 4.69) is 38.8 Å². The van der Waals surface area contributed by atoms with E-state index in [1.165, 1.54) is 4.31 Å². The predicted octanol–water partition coefficient (Wildman–Crippen LogP) is 3.88. The van der Waals surface area contributed by atoms with Crippen LogP contribution in [0.3, 0.4) is 0 Å². The largest absolute Gasteiger partial charge is 0.243 e. The van der Waals surface area contributed by atoms with Gasteiger partial charge in [-0.15, -0.1) is 0 Å². The minimum atomic E-state index is -3.43. The van der Waals surface area contributed by atoms with Gasteiger partial charge in [-0.1, -0.05) is 36.2 Å². The highest BCUT2D eigenvalue weighted by Crippen LogP contribution is 2.28. The van der Waals surface area contributed by atoms with Gasteiger partial charge in [-0.2, -0.15) is 0 Å². The summed E-state index contributed by atoms with van der Waals surface area (Å²) >= 11 is 6.61. The van der Waals surface area contributed by atoms with Crippen molar-refractivity contribution in [2.75, 3.05) is 13.6 Å². The first kappa shape index (κ1) is 16.1. The Hall–Kier alpha value is 0.0900. The van der Waals surface area contributed by atoms with Crippen LogP contribution in [0.5, 0.6) is 0 Å². The number of benzene rings is 1. The highest BCUT2D eigenvalue weighted by molar-refractivity contribution is 9.11. The molecule has 0 amide bonds. The molecule has 0 aliphatic heterocycles. The minimum absolute atomic E-state index is 0.302. The summed E-state index contributed by atoms with van der Waals surface area (Å²) in [5.41, 5.74) is 0. The van der Waals surface area contributed by atoms with Crippen molar-refractivity contribution in [3.8, 4) is 0 Å². The summed E-state index contributed by atoms with van der Waals surface area (Å²) < 4.78 is 27.6. The maximum Gasteiger partial charge on any atom is 0.243 e. The first-order valence-corrected chi connectivity index (χ1v) is 8.73. The van der Waals surface area contributed by atoms with Crippen LogP contribution < -0.4 is 0 Å². The van der Waals surface area contributed by atoms with Crippen LogP contribution in [0, 0.1) is 5.92 Å². The Labute approximate surface area is 126 Å². The van der Waals surface area contributed by atoms with Gasteiger partial charge in [-0.05, 0) is 40.0 Å². The lowest BCUT2D eigenvalue weighted by atomic mass is 10.1. The van der Waals surface area contributed by atoms with Crippen molar-refractivity contribution in [3.05, 3.63) is 27.1 Å². The number of hydrogen-bond donors (Lipinski definition) is 0. The molecule has 0 aromatic heterocycles. The van der Waals surface area contributed by atoms with E-state index < -0.39 is 10.0 Å². The van der Waals surface area contributed by atoms with Crippen LogP contribution >= 0.6 is 31.9 Å². The van der Waals surface area contributed by atoms with Crippen LogP contribution in [-0.2, 0) is 10.0 Å². The van der Waals surface area contributed by atoms with Gasteiger partial charge in [0.15, 0.2) is 0 Å². The van der Waals surface area contributed by atoms with Gasteiger partial charge in [-0.25, -0.2) is 12.7 Å². The van der Waals surface area contributed by atoms with Crippen LogP contribution in [-0.4, -0.2) is 26.3 Å². The van der Waals surface area contributed by atoms with Gasteiger partial charge < -0.3 is 0 Å². The smallest absolute Gasteiger partial charge is 0.207 e. The second-order valence-electron chi connectivity index (χ2n) is 4.37. The number of rotatable bonds is 5. The molecule has 1 rings (SSSR count). The van der Waals surface area contributed by atoms with E-state index in [0.29, 0.717) is 21.8 Å². The third-order valence-corrected chi connectivity index (χ3v) is 6.14. The van der Waals surface area contributed by atoms with Crippen molar-refractivity contribution in [1.82, 2.24) is 4.31 Å². The molecular weight excluding hydrogens is 382 g/mol. The highest BCUT2D eigenvalue weighted by atomic mass is 79.9. The van der Waals surface area contributed by atoms with Crippen molar-refractivity contribution in [1.29, 1.82) is 0 Å². The second kappa shape index (κ2) is 6.50. The summed E-state index contributed by atoms with van der Waals surface area (Å²) in [6.45, 7) is 4.63. The minimum Gasteiger partial charge on any atom is -0.207 e. The predicted molar refractivity (Wildman–Crippen MR) is 81.1 cm³/mol. The van der Waals surface area contributed by atoms with E-state index in [1.54, 1.807) is 25.2 Å². The molecule has 0 aliphatic rings. The van der Waals surface area contributed by atoms with E-state index >= 15 is 0 Å². The fourth-order valence-electron chi connectivity index (χ4n) is 1.52. The molecule has 0 N–H and O–H groups in total. The molecule has 0 fully saturated rings. The lowest BCUT2D eigenvalue weighted by Crippen LogP contribution is -2.31. The first-order chi connectivity index (χ1) is 8.28. The van der Waals surface area contributed by atoms with Gasteiger partial charge in [0.05, 0.1) is 4.90 Å². The van der Waals surface area contributed by atoms with Crippen molar-refractivity contribution in [2.45, 2.75) is 25.2 Å². The van der Waals surface area contributed by atoms with E-state index in [9.17, 15) is 8.42 Å². The standard InChI is InChI=1S/C12H17Br2NO2S/c1-4-9(2)8-15(3)18(16,17)12-6-5-10(13)7-11(12)14/h5-7,9H,4,8H2,1-3H3. The molecule has 1 aromatic rings. The molecule has 102 valence electrons. The summed E-state index contributed by atoms with van der Waals surface area (Å²) in [5, 5.41) is 0. The van der Waals surface area contributed by atoms with Gasteiger partial charge in [0.2, 0.25) is 10.0 Å². The molecule has 1 unspecified atom stereocenters. The van der Waals surface area contributed by atoms with Crippen LogP contribution in [0.25, 0.3) is 0 Å². The molecule has 0 radical (unpaired) electrons. The molecule has 0 saturated carbocycles. The fourth-order valence-corrected chi connectivity index (χ4v) is 4.51. The van der Waals surface area contributed by atoms with Crippen LogP contribution in [0.2, 0.25) is 0 Å². The molecule has 0 saturated heterocycles. The molecule has 18 heavy (non-hydrogen) atoms. The fraction of sp³-hybridized carbons (Fsp3) is 0.500. The number of nitrogens with zero attached hydrogens (tertiary/aromatic N) is 1. The van der Waals surface area contributed by atoms with E-state index in [-0.39, 0.29) is 0 Å². The molecule has 0 spiro atoms. The number of hydrogen-bond acceptors (Lipinski definition) is 2. The molecule has 0 aliphatic carbocycles. The topological polar surface area (TPSA) is 37.4 Å². The van der Waals surface area contributed by atoms with E-state index in [1.807, 2.05) is 6.92 Å². The molecule has 3 nitrogen and oxygen atoms in total. The summed E-state index contributed by atoms with van der Waals surface area (Å²) in [7, 11) is -1.80. The normalized spacial score (nSPS) is 13.9. The van der Waals surface area contributed by atoms with Gasteiger partial charge in [0.25, 0.3) is 0 Å². The molecule has 1 aromatic carbocycles. The Morgan fingerprint density at radius 1 is 1.33 bits per heavy atom. The van der Waals surface area contributed by atoms with Crippen LogP contribution in [0.1, 0.15) is 20.3 Å². The molecular formula is C12H17Br2NO2S. The molecule has 0 bridgehead atoms. The lowest BCUT2D eigenvalue weighted by molar-refractivity contribution is 0.393. The maximum absolute atomic E-state index is 12.4. The third kappa shape index (κ3) is 3.79. The SMILES string of the molecule is CCC(C)CN(C)S(=O)(=O)c1ccc(Br)cc1Br. The Bertz CT molecular complexity index is 517. The number of sulfonamides is 1. The van der Waals surface area contributed by atoms with Crippen molar-refractivity contribution >= 4 is 41.9 Å². The maximum atomic E-state index is 12.4. The van der Waals surface area contributed by atoms with Gasteiger partial charge in [0, 0.05) is 22.5 Å². The average molecular weight is 399 g/mol. The first-order valence-electron chi connectivity index (χ1n) is 5.70. The van der Waals surface area contributed by atoms with Crippen LogP contribution in [0.15, 0.2) is 32.0 Å². The van der Waals surface area contributed by atoms with E-state index in [0.717, 1.165) is 10.9 Å². The molecule has 6 heteroatoms. The van der Waals surface area contributed by atoms with Gasteiger partial charge in [-0.3, -0.25) is 0 Å². The zero-order valence-electron chi connectivity index (χ0n) is 10.7. The van der Waals surface area contributed by atoms with Crippen LogP contribution in [0.4, 0.5) is 0 Å². The van der Waals surface area contributed by atoms with Crippen molar-refractivity contribution in [3.63, 3.8) is 0 Å². The summed E-state index contributed by atoms with van der Waals surface area (Å²) in [5.74, 6) is 0.346. The van der Waals surface area contributed by atoms with Gasteiger partial charge >= 0.3 is 0 Å². The lowest BCUT2D eigenvalue weighted by Gasteiger charge is -2.21. The summed E-state index contributed by atoms with van der Waals surface area (Å²) in [6.07, 6.45) is 0.960. The highest BCUT2D eigenvalue weighted by Gasteiger charge is 2.24. The monoisotopic (exact) mass is 397 g/mol. The van der Waals surface area contributed by atoms with Gasteiger partial charge in [0.1, 0.15) is 0 Å².